The normalized spacial score (nSPS) is 12.1. The Morgan fingerprint density at radius 2 is 1.47 bits per heavy atom. The molecule has 1 N–H and O–H groups in total. The van der Waals surface area contributed by atoms with Crippen molar-refractivity contribution >= 4 is 50.7 Å². The van der Waals surface area contributed by atoms with Crippen LogP contribution >= 0.6 is 23.2 Å². The fourth-order valence-electron chi connectivity index (χ4n) is 4.94. The van der Waals surface area contributed by atoms with Crippen molar-refractivity contribution in [1.29, 1.82) is 0 Å². The second kappa shape index (κ2) is 15.0. The van der Waals surface area contributed by atoms with Crippen LogP contribution in [0.15, 0.2) is 102 Å². The topological polar surface area (TPSA) is 86.8 Å². The molecular formula is C35H37Cl2N3O4S. The number of halogens is 2. The van der Waals surface area contributed by atoms with Crippen LogP contribution < -0.4 is 9.62 Å². The van der Waals surface area contributed by atoms with E-state index in [1.807, 2.05) is 82.3 Å². The summed E-state index contributed by atoms with van der Waals surface area (Å²) in [5.74, 6) is -0.922. The van der Waals surface area contributed by atoms with Gasteiger partial charge in [0, 0.05) is 19.0 Å². The first-order chi connectivity index (χ1) is 21.4. The first-order valence-electron chi connectivity index (χ1n) is 14.6. The number of carbonyl (C=O) groups is 2. The summed E-state index contributed by atoms with van der Waals surface area (Å²) in [6.07, 6.45) is 0.222. The van der Waals surface area contributed by atoms with E-state index in [0.717, 1.165) is 26.6 Å². The van der Waals surface area contributed by atoms with Gasteiger partial charge in [0.05, 0.1) is 20.6 Å². The van der Waals surface area contributed by atoms with Gasteiger partial charge in [-0.15, -0.1) is 0 Å². The number of carbonyl (C=O) groups excluding carboxylic acids is 2. The number of nitrogens with one attached hydrogen (secondary N) is 1. The molecule has 1 atom stereocenters. The van der Waals surface area contributed by atoms with Crippen molar-refractivity contribution < 1.29 is 18.0 Å². The molecule has 10 heteroatoms. The van der Waals surface area contributed by atoms with Crippen LogP contribution in [0.3, 0.4) is 0 Å². The van der Waals surface area contributed by atoms with E-state index in [2.05, 4.69) is 5.32 Å². The van der Waals surface area contributed by atoms with Gasteiger partial charge in [-0.1, -0.05) is 102 Å². The van der Waals surface area contributed by atoms with E-state index in [1.54, 1.807) is 24.3 Å². The van der Waals surface area contributed by atoms with E-state index in [1.165, 1.54) is 23.1 Å². The lowest BCUT2D eigenvalue weighted by atomic mass is 10.0. The van der Waals surface area contributed by atoms with Gasteiger partial charge in [0.25, 0.3) is 10.0 Å². The first-order valence-corrected chi connectivity index (χ1v) is 16.8. The zero-order valence-corrected chi connectivity index (χ0v) is 28.0. The maximum atomic E-state index is 14.6. The summed E-state index contributed by atoms with van der Waals surface area (Å²) in [5, 5.41) is 3.09. The van der Waals surface area contributed by atoms with Crippen LogP contribution in [0.4, 0.5) is 5.69 Å². The zero-order chi connectivity index (χ0) is 32.7. The third kappa shape index (κ3) is 8.45. The Labute approximate surface area is 275 Å². The summed E-state index contributed by atoms with van der Waals surface area (Å²) < 4.78 is 29.4. The molecule has 236 valence electrons. The highest BCUT2D eigenvalue weighted by molar-refractivity contribution is 7.92. The molecule has 0 heterocycles. The molecule has 4 rings (SSSR count). The summed E-state index contributed by atoms with van der Waals surface area (Å²) in [7, 11) is -4.30. The lowest BCUT2D eigenvalue weighted by Gasteiger charge is -2.34. The number of hydrogen-bond acceptors (Lipinski definition) is 4. The molecule has 0 aliphatic rings. The van der Waals surface area contributed by atoms with Gasteiger partial charge in [-0.05, 0) is 68.7 Å². The van der Waals surface area contributed by atoms with Crippen LogP contribution in [0.25, 0.3) is 0 Å². The molecule has 0 aromatic heterocycles. The smallest absolute Gasteiger partial charge is 0.264 e. The van der Waals surface area contributed by atoms with Crippen LogP contribution in [0, 0.1) is 13.8 Å². The molecule has 0 bridgehead atoms. The van der Waals surface area contributed by atoms with Crippen molar-refractivity contribution in [3.63, 3.8) is 0 Å². The number of nitrogens with zero attached hydrogens (tertiary/aromatic N) is 2. The van der Waals surface area contributed by atoms with Crippen LogP contribution in [-0.4, -0.2) is 43.8 Å². The number of amides is 2. The zero-order valence-electron chi connectivity index (χ0n) is 25.7. The van der Waals surface area contributed by atoms with Crippen molar-refractivity contribution in [2.24, 2.45) is 0 Å². The minimum Gasteiger partial charge on any atom is -0.352 e. The molecule has 0 radical (unpaired) electrons. The van der Waals surface area contributed by atoms with Gasteiger partial charge in [-0.3, -0.25) is 13.9 Å². The van der Waals surface area contributed by atoms with Gasteiger partial charge in [-0.2, -0.15) is 0 Å². The fraction of sp³-hybridized carbons (Fsp3) is 0.257. The van der Waals surface area contributed by atoms with Crippen LogP contribution in [0.5, 0.6) is 0 Å². The maximum Gasteiger partial charge on any atom is 0.264 e. The Morgan fingerprint density at radius 1 is 0.822 bits per heavy atom. The third-order valence-electron chi connectivity index (χ3n) is 7.39. The van der Waals surface area contributed by atoms with Gasteiger partial charge in [0.15, 0.2) is 0 Å². The molecule has 0 aliphatic heterocycles. The molecule has 4 aromatic rings. The van der Waals surface area contributed by atoms with Gasteiger partial charge < -0.3 is 10.2 Å². The number of anilines is 1. The molecule has 0 saturated carbocycles. The van der Waals surface area contributed by atoms with Gasteiger partial charge in [0.1, 0.15) is 12.6 Å². The number of rotatable bonds is 12. The summed E-state index contributed by atoms with van der Waals surface area (Å²) in [4.78, 5) is 29.8. The third-order valence-corrected chi connectivity index (χ3v) is 9.97. The highest BCUT2D eigenvalue weighted by Gasteiger charge is 2.35. The van der Waals surface area contributed by atoms with E-state index in [4.69, 9.17) is 23.2 Å². The maximum absolute atomic E-state index is 14.6. The molecule has 45 heavy (non-hydrogen) atoms. The molecular weight excluding hydrogens is 629 g/mol. The predicted octanol–water partition coefficient (Wildman–Crippen LogP) is 6.97. The monoisotopic (exact) mass is 665 g/mol. The minimum atomic E-state index is -4.30. The summed E-state index contributed by atoms with van der Waals surface area (Å²) in [6.45, 7) is 6.94. The van der Waals surface area contributed by atoms with Gasteiger partial charge in [-0.25, -0.2) is 8.42 Å². The van der Waals surface area contributed by atoms with Crippen molar-refractivity contribution in [3.05, 3.63) is 129 Å². The van der Waals surface area contributed by atoms with Crippen LogP contribution in [0.2, 0.25) is 10.0 Å². The Morgan fingerprint density at radius 3 is 2.11 bits per heavy atom. The van der Waals surface area contributed by atoms with Gasteiger partial charge in [0.2, 0.25) is 11.8 Å². The lowest BCUT2D eigenvalue weighted by molar-refractivity contribution is -0.140. The van der Waals surface area contributed by atoms with E-state index in [-0.39, 0.29) is 45.5 Å². The first kappa shape index (κ1) is 34.0. The van der Waals surface area contributed by atoms with Crippen LogP contribution in [-0.2, 0) is 32.6 Å². The van der Waals surface area contributed by atoms with E-state index < -0.39 is 28.5 Å². The highest BCUT2D eigenvalue weighted by atomic mass is 35.5. The van der Waals surface area contributed by atoms with Crippen molar-refractivity contribution in [2.75, 3.05) is 10.8 Å². The summed E-state index contributed by atoms with van der Waals surface area (Å²) in [6, 6.07) is 26.8. The summed E-state index contributed by atoms with van der Waals surface area (Å²) in [5.41, 5.74) is 3.54. The quantitative estimate of drug-likeness (QED) is 0.177. The fourth-order valence-corrected chi connectivity index (χ4v) is 6.82. The molecule has 0 spiro atoms. The van der Waals surface area contributed by atoms with E-state index in [0.29, 0.717) is 0 Å². The second-order valence-corrected chi connectivity index (χ2v) is 13.9. The molecule has 0 unspecified atom stereocenters. The Hall–Kier alpha value is -3.85. The molecule has 7 nitrogen and oxygen atoms in total. The predicted molar refractivity (Wildman–Crippen MR) is 181 cm³/mol. The standard InChI is InChI=1S/C35H37Cl2N3O4S/c1-24(2)38-35(42)32(21-27-12-6-5-7-13-27)39(22-28-14-9-8-11-26(28)4)33(41)23-40(31-16-10-15-30(36)34(31)37)45(43,44)29-19-17-25(3)18-20-29/h5-20,24,32H,21-23H2,1-4H3,(H,38,42)/t32-/m0/s1. The lowest BCUT2D eigenvalue weighted by Crippen LogP contribution is -2.54. The van der Waals surface area contributed by atoms with E-state index in [9.17, 15) is 18.0 Å². The molecule has 2 amide bonds. The van der Waals surface area contributed by atoms with Crippen molar-refractivity contribution in [2.45, 2.75) is 57.6 Å². The highest BCUT2D eigenvalue weighted by Crippen LogP contribution is 2.35. The number of aryl methyl sites for hydroxylation is 2. The van der Waals surface area contributed by atoms with Gasteiger partial charge >= 0.3 is 0 Å². The largest absolute Gasteiger partial charge is 0.352 e. The SMILES string of the molecule is Cc1ccc(S(=O)(=O)N(CC(=O)N(Cc2ccccc2C)[C@@H](Cc2ccccc2)C(=O)NC(C)C)c2cccc(Cl)c2Cl)cc1. The number of sulfonamides is 1. The average molecular weight is 667 g/mol. The minimum absolute atomic E-state index is 0.00788. The second-order valence-electron chi connectivity index (χ2n) is 11.2. The Kier molecular flexibility index (Phi) is 11.3. The number of hydrogen-bond donors (Lipinski definition) is 1. The average Bonchev–Trinajstić information content (AvgIpc) is 3.00. The Balaban J connectivity index is 1.85. The molecule has 0 fully saturated rings. The van der Waals surface area contributed by atoms with E-state index >= 15 is 0 Å². The molecule has 0 saturated heterocycles. The molecule has 0 aliphatic carbocycles. The van der Waals surface area contributed by atoms with Crippen molar-refractivity contribution in [1.82, 2.24) is 10.2 Å². The summed E-state index contributed by atoms with van der Waals surface area (Å²) >= 11 is 12.9. The Bertz CT molecular complexity index is 1750. The number of benzene rings is 4. The molecule has 4 aromatic carbocycles. The van der Waals surface area contributed by atoms with Crippen molar-refractivity contribution in [3.8, 4) is 0 Å². The van der Waals surface area contributed by atoms with Crippen LogP contribution in [0.1, 0.15) is 36.1 Å².